The van der Waals surface area contributed by atoms with Crippen LogP contribution in [0.3, 0.4) is 0 Å². The molecule has 2 aromatic rings. The van der Waals surface area contributed by atoms with E-state index in [0.717, 1.165) is 34.1 Å². The van der Waals surface area contributed by atoms with Crippen molar-refractivity contribution >= 4 is 21.6 Å². The molecular formula is C17H15BrN2. The number of nitrogens with one attached hydrogen (secondary N) is 1. The first-order valence-electron chi connectivity index (χ1n) is 6.69. The Kier molecular flexibility index (Phi) is 3.27. The normalized spacial score (nSPS) is 20.2. The van der Waals surface area contributed by atoms with E-state index in [2.05, 4.69) is 46.4 Å². The first-order chi connectivity index (χ1) is 9.66. The van der Waals surface area contributed by atoms with Gasteiger partial charge in [-0.3, -0.25) is 0 Å². The van der Waals surface area contributed by atoms with Gasteiger partial charge in [0, 0.05) is 10.2 Å². The predicted molar refractivity (Wildman–Crippen MR) is 84.6 cm³/mol. The van der Waals surface area contributed by atoms with Crippen LogP contribution in [0.4, 0.5) is 5.69 Å². The molecule has 1 aliphatic rings. The molecule has 0 fully saturated rings. The molecular weight excluding hydrogens is 312 g/mol. The van der Waals surface area contributed by atoms with Crippen molar-refractivity contribution in [2.75, 3.05) is 5.32 Å². The molecule has 0 heterocycles. The van der Waals surface area contributed by atoms with Gasteiger partial charge in [-0.25, -0.2) is 0 Å². The molecule has 1 unspecified atom stereocenters. The lowest BCUT2D eigenvalue weighted by Gasteiger charge is -2.26. The SMILES string of the molecule is Cc1ccccc1NC1(C#N)CCc2c(Br)cccc21. The highest BCUT2D eigenvalue weighted by Gasteiger charge is 2.40. The molecule has 20 heavy (non-hydrogen) atoms. The number of nitrogens with zero attached hydrogens (tertiary/aromatic N) is 1. The summed E-state index contributed by atoms with van der Waals surface area (Å²) in [5, 5.41) is 13.3. The highest BCUT2D eigenvalue weighted by atomic mass is 79.9. The van der Waals surface area contributed by atoms with Crippen LogP contribution in [0.1, 0.15) is 23.1 Å². The van der Waals surface area contributed by atoms with Crippen LogP contribution < -0.4 is 5.32 Å². The standard InChI is InChI=1S/C17H15BrN2/c1-12-5-2-3-8-16(12)20-17(11-19)10-9-13-14(17)6-4-7-15(13)18/h2-8,20H,9-10H2,1H3. The predicted octanol–water partition coefficient (Wildman–Crippen LogP) is 4.53. The molecule has 100 valence electrons. The lowest BCUT2D eigenvalue weighted by atomic mass is 9.92. The molecule has 0 aromatic heterocycles. The van der Waals surface area contributed by atoms with E-state index in [1.165, 1.54) is 5.56 Å². The largest absolute Gasteiger partial charge is 0.363 e. The van der Waals surface area contributed by atoms with Crippen molar-refractivity contribution in [2.24, 2.45) is 0 Å². The third kappa shape index (κ3) is 2.01. The summed E-state index contributed by atoms with van der Waals surface area (Å²) in [7, 11) is 0. The Hall–Kier alpha value is -1.79. The average Bonchev–Trinajstić information content (AvgIpc) is 2.83. The maximum atomic E-state index is 9.78. The molecule has 0 bridgehead atoms. The Morgan fingerprint density at radius 2 is 2.00 bits per heavy atom. The van der Waals surface area contributed by atoms with Crippen LogP contribution in [0.15, 0.2) is 46.9 Å². The Bertz CT molecular complexity index is 702. The van der Waals surface area contributed by atoms with Gasteiger partial charge in [-0.15, -0.1) is 0 Å². The molecule has 2 aromatic carbocycles. The first-order valence-corrected chi connectivity index (χ1v) is 7.48. The number of rotatable bonds is 2. The van der Waals surface area contributed by atoms with Gasteiger partial charge >= 0.3 is 0 Å². The van der Waals surface area contributed by atoms with Crippen LogP contribution in [-0.4, -0.2) is 0 Å². The van der Waals surface area contributed by atoms with E-state index >= 15 is 0 Å². The van der Waals surface area contributed by atoms with Crippen molar-refractivity contribution < 1.29 is 0 Å². The molecule has 0 amide bonds. The zero-order valence-corrected chi connectivity index (χ0v) is 12.9. The van der Waals surface area contributed by atoms with Gasteiger partial charge in [0.15, 0.2) is 5.54 Å². The summed E-state index contributed by atoms with van der Waals surface area (Å²) in [6.45, 7) is 2.06. The number of nitriles is 1. The highest BCUT2D eigenvalue weighted by Crippen LogP contribution is 2.42. The van der Waals surface area contributed by atoms with Crippen molar-refractivity contribution in [3.63, 3.8) is 0 Å². The third-order valence-electron chi connectivity index (χ3n) is 4.01. The molecule has 1 aliphatic carbocycles. The van der Waals surface area contributed by atoms with E-state index in [9.17, 15) is 5.26 Å². The Balaban J connectivity index is 2.07. The van der Waals surface area contributed by atoms with Crippen LogP contribution in [-0.2, 0) is 12.0 Å². The topological polar surface area (TPSA) is 35.8 Å². The summed E-state index contributed by atoms with van der Waals surface area (Å²) in [6.07, 6.45) is 1.72. The molecule has 1 N–H and O–H groups in total. The molecule has 0 saturated heterocycles. The van der Waals surface area contributed by atoms with Crippen LogP contribution in [0.2, 0.25) is 0 Å². The first kappa shape index (κ1) is 13.2. The fraction of sp³-hybridized carbons (Fsp3) is 0.235. The average molecular weight is 327 g/mol. The van der Waals surface area contributed by atoms with Crippen molar-refractivity contribution in [1.29, 1.82) is 5.26 Å². The number of hydrogen-bond donors (Lipinski definition) is 1. The Labute approximate surface area is 127 Å². The fourth-order valence-electron chi connectivity index (χ4n) is 2.88. The van der Waals surface area contributed by atoms with E-state index in [1.54, 1.807) is 0 Å². The molecule has 1 atom stereocenters. The minimum absolute atomic E-state index is 0.620. The second kappa shape index (κ2) is 4.96. The molecule has 0 radical (unpaired) electrons. The second-order valence-electron chi connectivity index (χ2n) is 5.22. The fourth-order valence-corrected chi connectivity index (χ4v) is 3.44. The maximum absolute atomic E-state index is 9.78. The van der Waals surface area contributed by atoms with Crippen LogP contribution >= 0.6 is 15.9 Å². The Morgan fingerprint density at radius 1 is 1.20 bits per heavy atom. The minimum Gasteiger partial charge on any atom is -0.363 e. The number of halogens is 1. The molecule has 3 rings (SSSR count). The number of benzene rings is 2. The van der Waals surface area contributed by atoms with E-state index in [4.69, 9.17) is 0 Å². The quantitative estimate of drug-likeness (QED) is 0.879. The zero-order chi connectivity index (χ0) is 14.2. The van der Waals surface area contributed by atoms with Crippen molar-refractivity contribution in [3.8, 4) is 6.07 Å². The number of aryl methyl sites for hydroxylation is 1. The summed E-state index contributed by atoms with van der Waals surface area (Å²) in [4.78, 5) is 0. The zero-order valence-electron chi connectivity index (χ0n) is 11.3. The van der Waals surface area contributed by atoms with E-state index < -0.39 is 5.54 Å². The van der Waals surface area contributed by atoms with E-state index in [1.807, 2.05) is 30.3 Å². The lowest BCUT2D eigenvalue weighted by molar-refractivity contribution is 0.620. The highest BCUT2D eigenvalue weighted by molar-refractivity contribution is 9.10. The third-order valence-corrected chi connectivity index (χ3v) is 4.76. The van der Waals surface area contributed by atoms with Gasteiger partial charge in [0.1, 0.15) is 0 Å². The van der Waals surface area contributed by atoms with Gasteiger partial charge in [0.05, 0.1) is 6.07 Å². The molecule has 2 nitrogen and oxygen atoms in total. The summed E-state index contributed by atoms with van der Waals surface area (Å²) >= 11 is 3.59. The molecule has 0 saturated carbocycles. The van der Waals surface area contributed by atoms with Crippen LogP contribution in [0.25, 0.3) is 0 Å². The van der Waals surface area contributed by atoms with Gasteiger partial charge < -0.3 is 5.32 Å². The summed E-state index contributed by atoms with van der Waals surface area (Å²) < 4.78 is 1.10. The van der Waals surface area contributed by atoms with Crippen LogP contribution in [0, 0.1) is 18.3 Å². The summed E-state index contributed by atoms with van der Waals surface area (Å²) in [5.74, 6) is 0. The minimum atomic E-state index is -0.620. The smallest absolute Gasteiger partial charge is 0.151 e. The number of hydrogen-bond acceptors (Lipinski definition) is 2. The maximum Gasteiger partial charge on any atom is 0.151 e. The van der Waals surface area contributed by atoms with Crippen LogP contribution in [0.5, 0.6) is 0 Å². The van der Waals surface area contributed by atoms with Gasteiger partial charge in [0.2, 0.25) is 0 Å². The summed E-state index contributed by atoms with van der Waals surface area (Å²) in [5.41, 5.74) is 3.91. The lowest BCUT2D eigenvalue weighted by Crippen LogP contribution is -2.31. The summed E-state index contributed by atoms with van der Waals surface area (Å²) in [6, 6.07) is 16.7. The number of anilines is 1. The van der Waals surface area contributed by atoms with Crippen molar-refractivity contribution in [2.45, 2.75) is 25.3 Å². The number of fused-ring (bicyclic) bond motifs is 1. The monoisotopic (exact) mass is 326 g/mol. The molecule has 3 heteroatoms. The number of para-hydroxylation sites is 1. The van der Waals surface area contributed by atoms with Gasteiger partial charge in [0.25, 0.3) is 0 Å². The van der Waals surface area contributed by atoms with Crippen molar-refractivity contribution in [3.05, 3.63) is 63.6 Å². The second-order valence-corrected chi connectivity index (χ2v) is 6.08. The molecule has 0 aliphatic heterocycles. The molecule has 0 spiro atoms. The van der Waals surface area contributed by atoms with Crippen molar-refractivity contribution in [1.82, 2.24) is 0 Å². The van der Waals surface area contributed by atoms with Gasteiger partial charge in [-0.05, 0) is 48.6 Å². The van der Waals surface area contributed by atoms with E-state index in [-0.39, 0.29) is 0 Å². The van der Waals surface area contributed by atoms with E-state index in [0.29, 0.717) is 0 Å². The Morgan fingerprint density at radius 3 is 2.75 bits per heavy atom. The van der Waals surface area contributed by atoms with Gasteiger partial charge in [-0.1, -0.05) is 46.3 Å². The van der Waals surface area contributed by atoms with Gasteiger partial charge in [-0.2, -0.15) is 5.26 Å².